The molecular formula is C17H15F2N3O5S. The summed E-state index contributed by atoms with van der Waals surface area (Å²) in [7, 11) is 2.80. The Labute approximate surface area is 159 Å². The van der Waals surface area contributed by atoms with Crippen molar-refractivity contribution in [3.05, 3.63) is 51.8 Å². The molecule has 2 aromatic carbocycles. The van der Waals surface area contributed by atoms with Crippen LogP contribution in [0.25, 0.3) is 22.0 Å². The molecule has 0 aliphatic rings. The van der Waals surface area contributed by atoms with E-state index in [2.05, 4.69) is 14.9 Å². The Bertz CT molecular complexity index is 1140. The molecule has 1 heterocycles. The van der Waals surface area contributed by atoms with E-state index in [4.69, 9.17) is 14.0 Å². The normalized spacial score (nSPS) is 12.2. The number of nitrogens with one attached hydrogen (secondary N) is 2. The van der Waals surface area contributed by atoms with Gasteiger partial charge in [-0.3, -0.25) is 9.35 Å². The van der Waals surface area contributed by atoms with Crippen LogP contribution in [-0.2, 0) is 17.8 Å². The van der Waals surface area contributed by atoms with Gasteiger partial charge in [-0.2, -0.15) is 5.10 Å². The van der Waals surface area contributed by atoms with Crippen molar-refractivity contribution in [2.75, 3.05) is 14.2 Å². The van der Waals surface area contributed by atoms with E-state index in [0.29, 0.717) is 5.75 Å². The monoisotopic (exact) mass is 411 g/mol. The average molecular weight is 411 g/mol. The Balaban J connectivity index is 2.21. The Morgan fingerprint density at radius 2 is 1.79 bits per heavy atom. The van der Waals surface area contributed by atoms with Crippen molar-refractivity contribution in [1.29, 1.82) is 0 Å². The number of aromatic amines is 1. The first-order valence-electron chi connectivity index (χ1n) is 7.83. The summed E-state index contributed by atoms with van der Waals surface area (Å²) in [5.41, 5.74) is -0.875. The fraction of sp³-hybridized carbons (Fsp3) is 0.176. The zero-order chi connectivity index (χ0) is 20.4. The van der Waals surface area contributed by atoms with Gasteiger partial charge in [0.1, 0.15) is 5.69 Å². The first-order valence-corrected chi connectivity index (χ1v) is 8.94. The van der Waals surface area contributed by atoms with Crippen LogP contribution in [0.15, 0.2) is 29.1 Å². The number of benzene rings is 2. The molecule has 1 atom stereocenters. The second-order valence-corrected chi connectivity index (χ2v) is 6.41. The first-order chi connectivity index (χ1) is 13.4. The van der Waals surface area contributed by atoms with Crippen LogP contribution in [0, 0.1) is 11.6 Å². The van der Waals surface area contributed by atoms with Gasteiger partial charge in [0, 0.05) is 23.1 Å². The molecular weight excluding hydrogens is 396 g/mol. The molecule has 3 aromatic rings. The lowest BCUT2D eigenvalue weighted by Gasteiger charge is -2.12. The van der Waals surface area contributed by atoms with Crippen LogP contribution in [-0.4, -0.2) is 33.2 Å². The average Bonchev–Trinajstić information content (AvgIpc) is 2.69. The number of methoxy groups -OCH3 is 2. The van der Waals surface area contributed by atoms with Crippen molar-refractivity contribution >= 4 is 22.0 Å². The van der Waals surface area contributed by atoms with E-state index in [1.807, 2.05) is 0 Å². The van der Waals surface area contributed by atoms with Crippen molar-refractivity contribution in [3.63, 3.8) is 0 Å². The van der Waals surface area contributed by atoms with Crippen LogP contribution in [0.3, 0.4) is 0 Å². The van der Waals surface area contributed by atoms with E-state index in [1.165, 1.54) is 38.5 Å². The molecule has 0 saturated heterocycles. The molecule has 0 spiro atoms. The van der Waals surface area contributed by atoms with Gasteiger partial charge in [-0.1, -0.05) is 6.07 Å². The molecule has 148 valence electrons. The first kappa shape index (κ1) is 19.9. The zero-order valence-corrected chi connectivity index (χ0v) is 15.5. The predicted molar refractivity (Wildman–Crippen MR) is 98.4 cm³/mol. The van der Waals surface area contributed by atoms with Crippen molar-refractivity contribution in [2.45, 2.75) is 6.54 Å². The lowest BCUT2D eigenvalue weighted by molar-refractivity contribution is 0.356. The highest BCUT2D eigenvalue weighted by molar-refractivity contribution is 7.77. The van der Waals surface area contributed by atoms with Crippen molar-refractivity contribution in [1.82, 2.24) is 14.9 Å². The summed E-state index contributed by atoms with van der Waals surface area (Å²) in [6.07, 6.45) is 0. The summed E-state index contributed by atoms with van der Waals surface area (Å²) in [5.74, 6) is -1.82. The van der Waals surface area contributed by atoms with Crippen LogP contribution in [0.2, 0.25) is 0 Å². The number of fused-ring (bicyclic) bond motifs is 1. The highest BCUT2D eigenvalue weighted by Gasteiger charge is 2.20. The minimum Gasteiger partial charge on any atom is -0.493 e. The van der Waals surface area contributed by atoms with Crippen LogP contribution in [0.1, 0.15) is 5.56 Å². The maximum Gasteiger partial charge on any atom is 0.272 e. The molecule has 8 nitrogen and oxygen atoms in total. The van der Waals surface area contributed by atoms with Gasteiger partial charge in [-0.15, -0.1) is 0 Å². The fourth-order valence-corrected chi connectivity index (χ4v) is 3.02. The lowest BCUT2D eigenvalue weighted by atomic mass is 10.0. The molecule has 0 aliphatic carbocycles. The number of nitrogens with zero attached hydrogens (tertiary/aromatic N) is 1. The molecule has 0 aliphatic heterocycles. The SMILES string of the molecule is COc1cc2c(-c3ccc(CNS(=O)O)c(F)c3F)n[nH]c(=O)c2cc1OC. The molecule has 0 fully saturated rings. The van der Waals surface area contributed by atoms with Gasteiger partial charge in [0.2, 0.25) is 11.3 Å². The summed E-state index contributed by atoms with van der Waals surface area (Å²) in [4.78, 5) is 12.1. The standard InChI is InChI=1S/C17H15F2N3O5S/c1-26-12-5-10-11(6-13(12)27-2)17(23)22-21-16(10)9-4-3-8(7-20-28(24)25)14(18)15(9)19/h3-6,20H,7H2,1-2H3,(H,22,23)(H,24,25). The van der Waals surface area contributed by atoms with Crippen molar-refractivity contribution < 1.29 is 27.0 Å². The Morgan fingerprint density at radius 1 is 1.14 bits per heavy atom. The Morgan fingerprint density at radius 3 is 2.39 bits per heavy atom. The van der Waals surface area contributed by atoms with Gasteiger partial charge >= 0.3 is 0 Å². The predicted octanol–water partition coefficient (Wildman–Crippen LogP) is 2.11. The van der Waals surface area contributed by atoms with E-state index < -0.39 is 28.5 Å². The topological polar surface area (TPSA) is 114 Å². The highest BCUT2D eigenvalue weighted by Crippen LogP contribution is 2.35. The van der Waals surface area contributed by atoms with Gasteiger partial charge in [0.05, 0.1) is 19.6 Å². The summed E-state index contributed by atoms with van der Waals surface area (Å²) < 4.78 is 60.9. The fourth-order valence-electron chi connectivity index (χ4n) is 2.74. The van der Waals surface area contributed by atoms with Gasteiger partial charge in [0.25, 0.3) is 5.56 Å². The lowest BCUT2D eigenvalue weighted by Crippen LogP contribution is -2.17. The number of aromatic nitrogens is 2. The Hall–Kier alpha value is -2.89. The molecule has 0 radical (unpaired) electrons. The van der Waals surface area contributed by atoms with E-state index in [1.54, 1.807) is 0 Å². The third-order valence-corrected chi connectivity index (χ3v) is 4.49. The van der Waals surface area contributed by atoms with Gasteiger partial charge < -0.3 is 9.47 Å². The van der Waals surface area contributed by atoms with Gasteiger partial charge in [0.15, 0.2) is 23.1 Å². The molecule has 1 unspecified atom stereocenters. The largest absolute Gasteiger partial charge is 0.493 e. The zero-order valence-electron chi connectivity index (χ0n) is 14.7. The second kappa shape index (κ2) is 8.00. The van der Waals surface area contributed by atoms with Crippen LogP contribution >= 0.6 is 0 Å². The molecule has 28 heavy (non-hydrogen) atoms. The smallest absolute Gasteiger partial charge is 0.272 e. The van der Waals surface area contributed by atoms with E-state index in [0.717, 1.165) is 0 Å². The van der Waals surface area contributed by atoms with Crippen LogP contribution < -0.4 is 19.8 Å². The molecule has 1 aromatic heterocycles. The van der Waals surface area contributed by atoms with Crippen molar-refractivity contribution in [2.24, 2.45) is 0 Å². The summed E-state index contributed by atoms with van der Waals surface area (Å²) in [6, 6.07) is 5.40. The number of ether oxygens (including phenoxy) is 2. The van der Waals surface area contributed by atoms with Crippen LogP contribution in [0.4, 0.5) is 8.78 Å². The number of H-pyrrole nitrogens is 1. The minimum atomic E-state index is -2.37. The van der Waals surface area contributed by atoms with Crippen molar-refractivity contribution in [3.8, 4) is 22.8 Å². The third kappa shape index (κ3) is 3.59. The number of hydrogen-bond acceptors (Lipinski definition) is 5. The van der Waals surface area contributed by atoms with E-state index >= 15 is 0 Å². The summed E-state index contributed by atoms with van der Waals surface area (Å²) in [6.45, 7) is -0.350. The maximum atomic E-state index is 14.7. The second-order valence-electron chi connectivity index (χ2n) is 5.62. The Kier molecular flexibility index (Phi) is 5.68. The molecule has 3 N–H and O–H groups in total. The van der Waals surface area contributed by atoms with Crippen LogP contribution in [0.5, 0.6) is 11.5 Å². The quantitative estimate of drug-likeness (QED) is 0.536. The summed E-state index contributed by atoms with van der Waals surface area (Å²) in [5, 5.41) is 6.52. The maximum absolute atomic E-state index is 14.7. The molecule has 0 amide bonds. The summed E-state index contributed by atoms with van der Waals surface area (Å²) >= 11 is -2.37. The van der Waals surface area contributed by atoms with Gasteiger partial charge in [-0.05, 0) is 18.2 Å². The molecule has 0 saturated carbocycles. The third-order valence-electron chi connectivity index (χ3n) is 4.10. The number of halogens is 2. The molecule has 11 heteroatoms. The molecule has 3 rings (SSSR count). The minimum absolute atomic E-state index is 0.00260. The molecule has 0 bridgehead atoms. The van der Waals surface area contributed by atoms with E-state index in [9.17, 15) is 17.8 Å². The number of rotatable bonds is 6. The number of hydrogen-bond donors (Lipinski definition) is 3. The van der Waals surface area contributed by atoms with Gasteiger partial charge in [-0.25, -0.2) is 22.8 Å². The van der Waals surface area contributed by atoms with E-state index in [-0.39, 0.29) is 39.9 Å². The highest BCUT2D eigenvalue weighted by atomic mass is 32.2.